The molecule has 0 spiro atoms. The van der Waals surface area contributed by atoms with Gasteiger partial charge >= 0.3 is 0 Å². The lowest BCUT2D eigenvalue weighted by molar-refractivity contribution is 0.320. The second-order valence-corrected chi connectivity index (χ2v) is 13.8. The number of benzene rings is 6. The summed E-state index contributed by atoms with van der Waals surface area (Å²) in [5, 5.41) is 0. The molecule has 0 radical (unpaired) electrons. The number of fused-ring (bicyclic) bond motifs is 4. The van der Waals surface area contributed by atoms with Crippen LogP contribution in [0.1, 0.15) is 41.9 Å². The van der Waals surface area contributed by atoms with Crippen LogP contribution >= 0.6 is 0 Å². The van der Waals surface area contributed by atoms with Gasteiger partial charge in [0, 0.05) is 11.3 Å². The summed E-state index contributed by atoms with van der Waals surface area (Å²) in [5.74, 6) is 2.49. The first kappa shape index (κ1) is 28.3. The van der Waals surface area contributed by atoms with Crippen LogP contribution in [0.15, 0.2) is 164 Å². The lowest BCUT2D eigenvalue weighted by Crippen LogP contribution is -2.26. The smallest absolute Gasteiger partial charge is 0.145 e. The first-order valence-electron chi connectivity index (χ1n) is 17.7. The van der Waals surface area contributed by atoms with Crippen molar-refractivity contribution in [3.63, 3.8) is 0 Å². The van der Waals surface area contributed by atoms with Gasteiger partial charge in [0.05, 0.1) is 11.0 Å². The SMILES string of the molecule is C1=C(c2ccc(-c3nc4ccccc4n3-c3ccccc3)cc2)C2CCCC3c4c(-c5ccccc5)ccc(-c5ccccc5)c4C(=C1)C23. The standard InChI is InChI=1S/C47H36N2/c1-4-13-31(14-5-1)37-28-29-38(32-15-6-2-7-16-32)46-41-30-27-36(39-19-12-20-40(44(39)41)45(37)46)33-23-25-34(26-24-33)47-48-42-21-10-11-22-43(42)49(47)35-17-8-3-9-18-35/h1-11,13-18,21-30,39-40,44H,12,19-20H2. The van der Waals surface area contributed by atoms with Crippen molar-refractivity contribution in [2.24, 2.45) is 11.8 Å². The van der Waals surface area contributed by atoms with E-state index in [1.165, 1.54) is 58.2 Å². The maximum Gasteiger partial charge on any atom is 0.145 e. The van der Waals surface area contributed by atoms with Gasteiger partial charge < -0.3 is 0 Å². The maximum atomic E-state index is 5.12. The zero-order chi connectivity index (χ0) is 32.3. The molecule has 7 aromatic rings. The lowest BCUT2D eigenvalue weighted by atomic mass is 9.65. The molecule has 1 fully saturated rings. The molecule has 0 saturated heterocycles. The highest BCUT2D eigenvalue weighted by Gasteiger charge is 2.47. The number of hydrogen-bond acceptors (Lipinski definition) is 1. The second kappa shape index (κ2) is 11.5. The minimum absolute atomic E-state index is 0.498. The van der Waals surface area contributed by atoms with Crippen LogP contribution in [-0.2, 0) is 0 Å². The van der Waals surface area contributed by atoms with Gasteiger partial charge in [0.1, 0.15) is 5.82 Å². The van der Waals surface area contributed by atoms with E-state index < -0.39 is 0 Å². The molecule has 3 aliphatic carbocycles. The Balaban J connectivity index is 1.08. The van der Waals surface area contributed by atoms with Crippen molar-refractivity contribution in [2.45, 2.75) is 25.2 Å². The van der Waals surface area contributed by atoms with E-state index in [2.05, 4.69) is 168 Å². The van der Waals surface area contributed by atoms with Crippen molar-refractivity contribution >= 4 is 22.2 Å². The van der Waals surface area contributed by atoms with Crippen molar-refractivity contribution in [3.05, 3.63) is 181 Å². The molecule has 2 heteroatoms. The van der Waals surface area contributed by atoms with Crippen LogP contribution in [0.5, 0.6) is 0 Å². The number of nitrogens with zero attached hydrogens (tertiary/aromatic N) is 2. The molecular formula is C47H36N2. The Bertz CT molecular complexity index is 2400. The molecule has 0 amide bonds. The fourth-order valence-corrected chi connectivity index (χ4v) is 9.19. The fraction of sp³-hybridized carbons (Fsp3) is 0.128. The van der Waals surface area contributed by atoms with Gasteiger partial charge in [0.25, 0.3) is 0 Å². The third-order valence-corrected chi connectivity index (χ3v) is 11.2. The first-order valence-corrected chi connectivity index (χ1v) is 17.7. The van der Waals surface area contributed by atoms with Crippen molar-refractivity contribution in [3.8, 4) is 39.3 Å². The van der Waals surface area contributed by atoms with Gasteiger partial charge in [0.2, 0.25) is 0 Å². The van der Waals surface area contributed by atoms with Crippen molar-refractivity contribution in [1.29, 1.82) is 0 Å². The molecule has 3 unspecified atom stereocenters. The van der Waals surface area contributed by atoms with Crippen LogP contribution < -0.4 is 0 Å². The Labute approximate surface area is 287 Å². The van der Waals surface area contributed by atoms with E-state index >= 15 is 0 Å². The number of para-hydroxylation sites is 3. The summed E-state index contributed by atoms with van der Waals surface area (Å²) in [6, 6.07) is 55.1. The normalized spacial score (nSPS) is 19.2. The maximum absolute atomic E-state index is 5.12. The average Bonchev–Trinajstić information content (AvgIpc) is 3.74. The molecule has 49 heavy (non-hydrogen) atoms. The fourth-order valence-electron chi connectivity index (χ4n) is 9.19. The summed E-state index contributed by atoms with van der Waals surface area (Å²) in [6.45, 7) is 0. The van der Waals surface area contributed by atoms with Gasteiger partial charge in [-0.25, -0.2) is 4.98 Å². The summed E-state index contributed by atoms with van der Waals surface area (Å²) in [7, 11) is 0. The molecule has 234 valence electrons. The van der Waals surface area contributed by atoms with Crippen LogP contribution in [0.3, 0.4) is 0 Å². The average molecular weight is 629 g/mol. The predicted octanol–water partition coefficient (Wildman–Crippen LogP) is 12.0. The highest BCUT2D eigenvalue weighted by Crippen LogP contribution is 2.62. The Kier molecular flexibility index (Phi) is 6.62. The largest absolute Gasteiger partial charge is 0.292 e. The van der Waals surface area contributed by atoms with Gasteiger partial charge in [-0.1, -0.05) is 146 Å². The first-order chi connectivity index (χ1) is 24.3. The van der Waals surface area contributed by atoms with Crippen LogP contribution in [0.25, 0.3) is 61.5 Å². The molecule has 0 N–H and O–H groups in total. The third kappa shape index (κ3) is 4.51. The molecule has 0 aliphatic heterocycles. The van der Waals surface area contributed by atoms with E-state index in [0.29, 0.717) is 17.8 Å². The summed E-state index contributed by atoms with van der Waals surface area (Å²) in [5.41, 5.74) is 17.2. The molecular weight excluding hydrogens is 593 g/mol. The van der Waals surface area contributed by atoms with E-state index in [4.69, 9.17) is 4.98 Å². The number of allylic oxidation sites excluding steroid dienone is 4. The Morgan fingerprint density at radius 3 is 1.84 bits per heavy atom. The second-order valence-electron chi connectivity index (χ2n) is 13.8. The highest BCUT2D eigenvalue weighted by molar-refractivity contribution is 5.96. The summed E-state index contributed by atoms with van der Waals surface area (Å²) in [4.78, 5) is 5.12. The molecule has 2 nitrogen and oxygen atoms in total. The van der Waals surface area contributed by atoms with Gasteiger partial charge in [0.15, 0.2) is 0 Å². The summed E-state index contributed by atoms with van der Waals surface area (Å²) in [6.07, 6.45) is 8.65. The van der Waals surface area contributed by atoms with E-state index in [-0.39, 0.29) is 0 Å². The zero-order valence-electron chi connectivity index (χ0n) is 27.3. The molecule has 3 aliphatic rings. The quantitative estimate of drug-likeness (QED) is 0.185. The van der Waals surface area contributed by atoms with Crippen LogP contribution in [0.2, 0.25) is 0 Å². The molecule has 3 atom stereocenters. The minimum atomic E-state index is 0.498. The number of rotatable bonds is 5. The highest BCUT2D eigenvalue weighted by atomic mass is 15.1. The number of aromatic nitrogens is 2. The summed E-state index contributed by atoms with van der Waals surface area (Å²) < 4.78 is 2.29. The van der Waals surface area contributed by atoms with Gasteiger partial charge in [-0.2, -0.15) is 0 Å². The van der Waals surface area contributed by atoms with E-state index in [9.17, 15) is 0 Å². The van der Waals surface area contributed by atoms with Crippen molar-refractivity contribution in [1.82, 2.24) is 9.55 Å². The van der Waals surface area contributed by atoms with E-state index in [1.807, 2.05) is 0 Å². The molecule has 10 rings (SSSR count). The molecule has 1 heterocycles. The zero-order valence-corrected chi connectivity index (χ0v) is 27.3. The van der Waals surface area contributed by atoms with E-state index in [1.54, 1.807) is 11.1 Å². The van der Waals surface area contributed by atoms with Crippen LogP contribution in [0, 0.1) is 11.8 Å². The summed E-state index contributed by atoms with van der Waals surface area (Å²) >= 11 is 0. The third-order valence-electron chi connectivity index (χ3n) is 11.2. The predicted molar refractivity (Wildman–Crippen MR) is 203 cm³/mol. The molecule has 6 aromatic carbocycles. The minimum Gasteiger partial charge on any atom is -0.292 e. The Morgan fingerprint density at radius 2 is 1.08 bits per heavy atom. The lowest BCUT2D eigenvalue weighted by Gasteiger charge is -2.39. The molecule has 1 saturated carbocycles. The Morgan fingerprint density at radius 1 is 0.490 bits per heavy atom. The Hall–Kier alpha value is -5.73. The topological polar surface area (TPSA) is 17.8 Å². The monoisotopic (exact) mass is 628 g/mol. The van der Waals surface area contributed by atoms with Crippen LogP contribution in [-0.4, -0.2) is 9.55 Å². The van der Waals surface area contributed by atoms with Crippen molar-refractivity contribution < 1.29 is 0 Å². The molecule has 0 bridgehead atoms. The number of hydrogen-bond donors (Lipinski definition) is 0. The van der Waals surface area contributed by atoms with Crippen LogP contribution in [0.4, 0.5) is 0 Å². The van der Waals surface area contributed by atoms with Gasteiger partial charge in [-0.05, 0) is 105 Å². The number of imidazole rings is 1. The van der Waals surface area contributed by atoms with Gasteiger partial charge in [-0.15, -0.1) is 0 Å². The molecule has 1 aromatic heterocycles. The van der Waals surface area contributed by atoms with Crippen molar-refractivity contribution in [2.75, 3.05) is 0 Å². The van der Waals surface area contributed by atoms with Gasteiger partial charge in [-0.3, -0.25) is 4.57 Å². The van der Waals surface area contributed by atoms with E-state index in [0.717, 1.165) is 28.1 Å².